The van der Waals surface area contributed by atoms with E-state index < -0.39 is 11.5 Å². The molecule has 1 aliphatic rings. The largest absolute Gasteiger partial charge is 0.461 e. The zero-order valence-electron chi connectivity index (χ0n) is 13.8. The SMILES string of the molecule is CC(C)OC(=O)C(C)(N)c1ccc2c(c1)C(C)(C)CC(=O)N2. The Balaban J connectivity index is 2.43. The summed E-state index contributed by atoms with van der Waals surface area (Å²) in [5, 5.41) is 2.86. The van der Waals surface area contributed by atoms with Gasteiger partial charge in [-0.3, -0.25) is 4.79 Å². The fourth-order valence-corrected chi connectivity index (χ4v) is 2.68. The zero-order chi connectivity index (χ0) is 16.7. The Labute approximate surface area is 131 Å². The van der Waals surface area contributed by atoms with Crippen LogP contribution in [0, 0.1) is 0 Å². The molecule has 0 radical (unpaired) electrons. The molecular formula is C17H24N2O3. The number of carbonyl (C=O) groups excluding carboxylic acids is 2. The summed E-state index contributed by atoms with van der Waals surface area (Å²) in [5.41, 5.74) is 7.13. The molecule has 0 aliphatic carbocycles. The van der Waals surface area contributed by atoms with Gasteiger partial charge >= 0.3 is 5.97 Å². The minimum Gasteiger partial charge on any atom is -0.461 e. The molecule has 0 saturated heterocycles. The van der Waals surface area contributed by atoms with E-state index >= 15 is 0 Å². The van der Waals surface area contributed by atoms with Crippen LogP contribution in [0.2, 0.25) is 0 Å². The van der Waals surface area contributed by atoms with Crippen molar-refractivity contribution in [2.75, 3.05) is 5.32 Å². The Morgan fingerprint density at radius 3 is 2.64 bits per heavy atom. The molecule has 1 unspecified atom stereocenters. The molecule has 120 valence electrons. The first-order chi connectivity index (χ1) is 10.0. The van der Waals surface area contributed by atoms with Crippen molar-refractivity contribution in [3.63, 3.8) is 0 Å². The van der Waals surface area contributed by atoms with Crippen molar-refractivity contribution < 1.29 is 14.3 Å². The van der Waals surface area contributed by atoms with Gasteiger partial charge in [-0.05, 0) is 38.0 Å². The van der Waals surface area contributed by atoms with E-state index in [1.165, 1.54) is 0 Å². The molecule has 3 N–H and O–H groups in total. The van der Waals surface area contributed by atoms with Crippen LogP contribution in [0.5, 0.6) is 0 Å². The minimum atomic E-state index is -1.23. The lowest BCUT2D eigenvalue weighted by atomic mass is 9.76. The van der Waals surface area contributed by atoms with E-state index in [1.807, 2.05) is 19.9 Å². The Hall–Kier alpha value is -1.88. The van der Waals surface area contributed by atoms with E-state index in [-0.39, 0.29) is 17.4 Å². The number of carbonyl (C=O) groups is 2. The first-order valence-electron chi connectivity index (χ1n) is 7.49. The molecule has 22 heavy (non-hydrogen) atoms. The summed E-state index contributed by atoms with van der Waals surface area (Å²) in [7, 11) is 0. The van der Waals surface area contributed by atoms with Gasteiger partial charge in [0.25, 0.3) is 0 Å². The van der Waals surface area contributed by atoms with Gasteiger partial charge in [-0.1, -0.05) is 26.0 Å². The van der Waals surface area contributed by atoms with Crippen molar-refractivity contribution in [1.82, 2.24) is 0 Å². The fourth-order valence-electron chi connectivity index (χ4n) is 2.68. The highest BCUT2D eigenvalue weighted by Gasteiger charge is 2.37. The van der Waals surface area contributed by atoms with Crippen LogP contribution < -0.4 is 11.1 Å². The second-order valence-electron chi connectivity index (χ2n) is 7.03. The van der Waals surface area contributed by atoms with E-state index in [9.17, 15) is 9.59 Å². The standard InChI is InChI=1S/C17H24N2O3/c1-10(2)22-15(21)17(5,18)11-6-7-13-12(8-11)16(3,4)9-14(20)19-13/h6-8,10H,9,18H2,1-5H3,(H,19,20). The van der Waals surface area contributed by atoms with Crippen LogP contribution in [-0.2, 0) is 25.3 Å². The van der Waals surface area contributed by atoms with Crippen LogP contribution in [-0.4, -0.2) is 18.0 Å². The number of hydrogen-bond acceptors (Lipinski definition) is 4. The molecule has 0 bridgehead atoms. The predicted octanol–water partition coefficient (Wildman–Crippen LogP) is 2.43. The number of benzene rings is 1. The van der Waals surface area contributed by atoms with Gasteiger partial charge in [0.2, 0.25) is 5.91 Å². The average Bonchev–Trinajstić information content (AvgIpc) is 2.36. The quantitative estimate of drug-likeness (QED) is 0.840. The summed E-state index contributed by atoms with van der Waals surface area (Å²) in [6, 6.07) is 5.47. The highest BCUT2D eigenvalue weighted by Crippen LogP contribution is 2.39. The van der Waals surface area contributed by atoms with Crippen LogP contribution >= 0.6 is 0 Å². The van der Waals surface area contributed by atoms with Gasteiger partial charge in [0.1, 0.15) is 5.54 Å². The minimum absolute atomic E-state index is 0.0000206. The van der Waals surface area contributed by atoms with Crippen molar-refractivity contribution in [2.45, 2.75) is 58.1 Å². The maximum atomic E-state index is 12.2. The lowest BCUT2D eigenvalue weighted by Gasteiger charge is -2.34. The van der Waals surface area contributed by atoms with Gasteiger partial charge in [-0.15, -0.1) is 0 Å². The van der Waals surface area contributed by atoms with E-state index in [1.54, 1.807) is 32.9 Å². The van der Waals surface area contributed by atoms with Crippen molar-refractivity contribution in [1.29, 1.82) is 0 Å². The van der Waals surface area contributed by atoms with Crippen LogP contribution in [0.4, 0.5) is 5.69 Å². The van der Waals surface area contributed by atoms with Crippen molar-refractivity contribution >= 4 is 17.6 Å². The highest BCUT2D eigenvalue weighted by atomic mass is 16.5. The summed E-state index contributed by atoms with van der Waals surface area (Å²) in [6.45, 7) is 9.25. The molecule has 0 fully saturated rings. The number of nitrogens with two attached hydrogens (primary N) is 1. The summed E-state index contributed by atoms with van der Waals surface area (Å²) in [4.78, 5) is 24.0. The molecule has 0 saturated carbocycles. The summed E-state index contributed by atoms with van der Waals surface area (Å²) in [6.07, 6.45) is 0.185. The number of ether oxygens (including phenoxy) is 1. The number of amides is 1. The normalized spacial score (nSPS) is 19.1. The Morgan fingerprint density at radius 1 is 1.41 bits per heavy atom. The molecular weight excluding hydrogens is 280 g/mol. The van der Waals surface area contributed by atoms with Crippen molar-refractivity contribution in [3.8, 4) is 0 Å². The van der Waals surface area contributed by atoms with Gasteiger partial charge < -0.3 is 15.8 Å². The third-order valence-corrected chi connectivity index (χ3v) is 3.99. The lowest BCUT2D eigenvalue weighted by molar-refractivity contribution is -0.153. The van der Waals surface area contributed by atoms with Crippen LogP contribution in [0.3, 0.4) is 0 Å². The number of fused-ring (bicyclic) bond motifs is 1. The van der Waals surface area contributed by atoms with Gasteiger partial charge in [-0.2, -0.15) is 0 Å². The molecule has 1 aliphatic heterocycles. The van der Waals surface area contributed by atoms with E-state index in [2.05, 4.69) is 5.32 Å². The van der Waals surface area contributed by atoms with Gasteiger partial charge in [0.15, 0.2) is 0 Å². The number of anilines is 1. The molecule has 5 heteroatoms. The second-order valence-corrected chi connectivity index (χ2v) is 7.03. The molecule has 1 amide bonds. The number of esters is 1. The van der Waals surface area contributed by atoms with E-state index in [0.29, 0.717) is 12.0 Å². The molecule has 0 aromatic heterocycles. The summed E-state index contributed by atoms with van der Waals surface area (Å²) >= 11 is 0. The van der Waals surface area contributed by atoms with Crippen LogP contribution in [0.25, 0.3) is 0 Å². The average molecular weight is 304 g/mol. The summed E-state index contributed by atoms with van der Waals surface area (Å²) in [5.74, 6) is -0.458. The maximum absolute atomic E-state index is 12.2. The molecule has 5 nitrogen and oxygen atoms in total. The smallest absolute Gasteiger partial charge is 0.330 e. The third-order valence-electron chi connectivity index (χ3n) is 3.99. The number of rotatable bonds is 3. The third kappa shape index (κ3) is 2.99. The summed E-state index contributed by atoms with van der Waals surface area (Å²) < 4.78 is 5.25. The second kappa shape index (κ2) is 5.39. The van der Waals surface area contributed by atoms with Gasteiger partial charge in [-0.25, -0.2) is 4.79 Å². The number of hydrogen-bond donors (Lipinski definition) is 2. The Bertz CT molecular complexity index is 618. The molecule has 0 spiro atoms. The van der Waals surface area contributed by atoms with Crippen molar-refractivity contribution in [3.05, 3.63) is 29.3 Å². The monoisotopic (exact) mass is 304 g/mol. The first kappa shape index (κ1) is 16.5. The predicted molar refractivity (Wildman–Crippen MR) is 85.5 cm³/mol. The first-order valence-corrected chi connectivity index (χ1v) is 7.49. The van der Waals surface area contributed by atoms with E-state index in [4.69, 9.17) is 10.5 Å². The number of nitrogens with one attached hydrogen (secondary N) is 1. The van der Waals surface area contributed by atoms with Crippen molar-refractivity contribution in [2.24, 2.45) is 5.73 Å². The highest BCUT2D eigenvalue weighted by molar-refractivity contribution is 5.95. The van der Waals surface area contributed by atoms with Crippen LogP contribution in [0.15, 0.2) is 18.2 Å². The zero-order valence-corrected chi connectivity index (χ0v) is 13.8. The molecule has 1 aromatic carbocycles. The molecule has 1 aromatic rings. The van der Waals surface area contributed by atoms with E-state index in [0.717, 1.165) is 11.3 Å². The van der Waals surface area contributed by atoms with Gasteiger partial charge in [0, 0.05) is 17.5 Å². The molecule has 1 atom stereocenters. The Kier molecular flexibility index (Phi) is 4.04. The van der Waals surface area contributed by atoms with Gasteiger partial charge in [0.05, 0.1) is 6.10 Å². The fraction of sp³-hybridized carbons (Fsp3) is 0.529. The Morgan fingerprint density at radius 2 is 2.05 bits per heavy atom. The molecule has 2 rings (SSSR count). The van der Waals surface area contributed by atoms with Crippen LogP contribution in [0.1, 0.15) is 52.2 Å². The lowest BCUT2D eigenvalue weighted by Crippen LogP contribution is -2.44. The topological polar surface area (TPSA) is 81.4 Å². The maximum Gasteiger partial charge on any atom is 0.330 e. The molecule has 1 heterocycles.